The third-order valence-corrected chi connectivity index (χ3v) is 5.22. The van der Waals surface area contributed by atoms with Crippen LogP contribution in [0, 0.1) is 25.5 Å². The molecule has 8 nitrogen and oxygen atoms in total. The largest absolute Gasteiger partial charge is 0.339 e. The SMILES string of the molecule is Cc1cc(NNC(=O)Nc2csc(-c3cc(F)cc(F)c3)n2)nc2c1c(C)nn2C. The van der Waals surface area contributed by atoms with Gasteiger partial charge in [0.2, 0.25) is 0 Å². The van der Waals surface area contributed by atoms with Crippen LogP contribution >= 0.6 is 11.3 Å². The number of fused-ring (bicyclic) bond motifs is 1. The van der Waals surface area contributed by atoms with Gasteiger partial charge in [-0.25, -0.2) is 29.0 Å². The molecular weight excluding hydrogens is 412 g/mol. The number of rotatable bonds is 4. The van der Waals surface area contributed by atoms with Gasteiger partial charge in [0.1, 0.15) is 28.3 Å². The van der Waals surface area contributed by atoms with Gasteiger partial charge in [-0.2, -0.15) is 5.10 Å². The molecule has 4 aromatic rings. The van der Waals surface area contributed by atoms with E-state index in [0.29, 0.717) is 22.0 Å². The summed E-state index contributed by atoms with van der Waals surface area (Å²) < 4.78 is 28.4. The number of thiazole rings is 1. The van der Waals surface area contributed by atoms with Crippen molar-refractivity contribution >= 4 is 40.0 Å². The summed E-state index contributed by atoms with van der Waals surface area (Å²) in [7, 11) is 1.80. The lowest BCUT2D eigenvalue weighted by atomic mass is 10.1. The van der Waals surface area contributed by atoms with E-state index in [2.05, 4.69) is 31.2 Å². The number of carbonyl (C=O) groups excluding carboxylic acids is 1. The average Bonchev–Trinajstić information content (AvgIpc) is 3.24. The van der Waals surface area contributed by atoms with Gasteiger partial charge in [0.25, 0.3) is 0 Å². The molecule has 0 aliphatic heterocycles. The maximum Gasteiger partial charge on any atom is 0.339 e. The molecule has 3 aromatic heterocycles. The highest BCUT2D eigenvalue weighted by Crippen LogP contribution is 2.27. The summed E-state index contributed by atoms with van der Waals surface area (Å²) in [6, 6.07) is 4.37. The minimum absolute atomic E-state index is 0.251. The fourth-order valence-electron chi connectivity index (χ4n) is 3.13. The number of carbonyl (C=O) groups is 1. The molecule has 0 spiro atoms. The number of aryl methyl sites for hydroxylation is 3. The number of amides is 2. The molecule has 0 unspecified atom stereocenters. The van der Waals surface area contributed by atoms with Crippen LogP contribution < -0.4 is 16.2 Å². The zero-order valence-electron chi connectivity index (χ0n) is 16.2. The fourth-order valence-corrected chi connectivity index (χ4v) is 3.87. The van der Waals surface area contributed by atoms with Gasteiger partial charge in [0.15, 0.2) is 5.65 Å². The van der Waals surface area contributed by atoms with Crippen LogP contribution in [0.1, 0.15) is 11.3 Å². The van der Waals surface area contributed by atoms with Crippen LogP contribution in [-0.4, -0.2) is 25.8 Å². The van der Waals surface area contributed by atoms with E-state index in [1.165, 1.54) is 12.1 Å². The van der Waals surface area contributed by atoms with Crippen LogP contribution in [0.25, 0.3) is 21.6 Å². The topological polar surface area (TPSA) is 96.8 Å². The molecule has 0 atom stereocenters. The van der Waals surface area contributed by atoms with Crippen molar-refractivity contribution in [3.8, 4) is 10.6 Å². The number of hydrazine groups is 1. The summed E-state index contributed by atoms with van der Waals surface area (Å²) in [5.74, 6) is -0.687. The van der Waals surface area contributed by atoms with Crippen molar-refractivity contribution in [3.63, 3.8) is 0 Å². The lowest BCUT2D eigenvalue weighted by molar-refractivity contribution is 0.253. The second-order valence-corrected chi connectivity index (χ2v) is 7.49. The van der Waals surface area contributed by atoms with Crippen LogP contribution in [0.4, 0.5) is 25.2 Å². The molecule has 3 heterocycles. The van der Waals surface area contributed by atoms with E-state index < -0.39 is 17.7 Å². The average molecular weight is 429 g/mol. The number of pyridine rings is 1. The molecule has 0 saturated heterocycles. The van der Waals surface area contributed by atoms with Gasteiger partial charge in [-0.1, -0.05) is 0 Å². The second-order valence-electron chi connectivity index (χ2n) is 6.63. The minimum atomic E-state index is -0.694. The van der Waals surface area contributed by atoms with E-state index in [0.717, 1.165) is 34.0 Å². The third-order valence-electron chi connectivity index (χ3n) is 4.33. The Morgan fingerprint density at radius 3 is 2.53 bits per heavy atom. The Morgan fingerprint density at radius 1 is 1.07 bits per heavy atom. The third kappa shape index (κ3) is 3.92. The molecule has 0 saturated carbocycles. The number of halogens is 2. The Bertz CT molecular complexity index is 1250. The molecular formula is C19H17F2N7OS. The van der Waals surface area contributed by atoms with Gasteiger partial charge in [0.05, 0.1) is 5.69 Å². The van der Waals surface area contributed by atoms with Crippen molar-refractivity contribution in [1.82, 2.24) is 25.2 Å². The number of anilines is 2. The van der Waals surface area contributed by atoms with Gasteiger partial charge in [-0.15, -0.1) is 11.3 Å². The van der Waals surface area contributed by atoms with Crippen molar-refractivity contribution in [3.05, 3.63) is 52.5 Å². The summed E-state index contributed by atoms with van der Waals surface area (Å²) in [4.78, 5) is 20.8. The van der Waals surface area contributed by atoms with Crippen molar-refractivity contribution in [2.24, 2.45) is 7.05 Å². The van der Waals surface area contributed by atoms with E-state index in [1.54, 1.807) is 23.2 Å². The maximum absolute atomic E-state index is 13.4. The van der Waals surface area contributed by atoms with Crippen molar-refractivity contribution in [2.45, 2.75) is 13.8 Å². The Morgan fingerprint density at radius 2 is 1.80 bits per heavy atom. The lowest BCUT2D eigenvalue weighted by Gasteiger charge is -2.09. The van der Waals surface area contributed by atoms with Crippen LogP contribution in [0.5, 0.6) is 0 Å². The first-order chi connectivity index (χ1) is 14.3. The van der Waals surface area contributed by atoms with E-state index in [4.69, 9.17) is 0 Å². The Balaban J connectivity index is 1.43. The Hall–Kier alpha value is -3.60. The molecule has 2 amide bonds. The summed E-state index contributed by atoms with van der Waals surface area (Å²) in [5.41, 5.74) is 8.08. The van der Waals surface area contributed by atoms with Crippen LogP contribution in [0.15, 0.2) is 29.6 Å². The molecule has 0 radical (unpaired) electrons. The van der Waals surface area contributed by atoms with Gasteiger partial charge < -0.3 is 0 Å². The first-order valence-electron chi connectivity index (χ1n) is 8.86. The normalized spacial score (nSPS) is 11.0. The summed E-state index contributed by atoms with van der Waals surface area (Å²) in [6.45, 7) is 3.85. The number of nitrogens with zero attached hydrogens (tertiary/aromatic N) is 4. The number of benzene rings is 1. The van der Waals surface area contributed by atoms with E-state index >= 15 is 0 Å². The summed E-state index contributed by atoms with van der Waals surface area (Å²) in [5, 5.41) is 9.83. The standard InChI is InChI=1S/C19H17F2N7OS/c1-9-4-14(22-17-16(9)10(2)27-28(17)3)25-26-19(29)24-15-8-30-18(23-15)11-5-12(20)7-13(21)6-11/h4-8H,1-3H3,(H,22,25)(H2,24,26,29). The molecule has 11 heteroatoms. The molecule has 0 bridgehead atoms. The second kappa shape index (κ2) is 7.67. The van der Waals surface area contributed by atoms with Gasteiger partial charge in [-0.3, -0.25) is 15.4 Å². The molecule has 154 valence electrons. The molecule has 1 aromatic carbocycles. The van der Waals surface area contributed by atoms with E-state index in [-0.39, 0.29) is 5.82 Å². The molecule has 0 aliphatic rings. The smallest absolute Gasteiger partial charge is 0.290 e. The quantitative estimate of drug-likeness (QED) is 0.424. The Labute approximate surface area is 173 Å². The predicted octanol–water partition coefficient (Wildman–Crippen LogP) is 4.14. The van der Waals surface area contributed by atoms with E-state index in [1.807, 2.05) is 13.8 Å². The minimum Gasteiger partial charge on any atom is -0.290 e. The zero-order chi connectivity index (χ0) is 21.4. The number of hydrogen-bond donors (Lipinski definition) is 3. The first kappa shape index (κ1) is 19.7. The van der Waals surface area contributed by atoms with E-state index in [9.17, 15) is 13.6 Å². The van der Waals surface area contributed by atoms with Crippen molar-refractivity contribution < 1.29 is 13.6 Å². The molecule has 4 rings (SSSR count). The highest BCUT2D eigenvalue weighted by Gasteiger charge is 2.13. The lowest BCUT2D eigenvalue weighted by Crippen LogP contribution is -2.34. The van der Waals surface area contributed by atoms with Crippen LogP contribution in [0.2, 0.25) is 0 Å². The monoisotopic (exact) mass is 429 g/mol. The van der Waals surface area contributed by atoms with Gasteiger partial charge in [-0.05, 0) is 37.6 Å². The van der Waals surface area contributed by atoms with Crippen molar-refractivity contribution in [1.29, 1.82) is 0 Å². The number of aromatic nitrogens is 4. The first-order valence-corrected chi connectivity index (χ1v) is 9.74. The number of urea groups is 1. The summed E-state index contributed by atoms with van der Waals surface area (Å²) >= 11 is 1.15. The molecule has 3 N–H and O–H groups in total. The fraction of sp³-hybridized carbons (Fsp3) is 0.158. The number of hydrogen-bond acceptors (Lipinski definition) is 6. The van der Waals surface area contributed by atoms with Gasteiger partial charge >= 0.3 is 6.03 Å². The number of nitrogens with one attached hydrogen (secondary N) is 3. The maximum atomic E-state index is 13.4. The van der Waals surface area contributed by atoms with Crippen LogP contribution in [0.3, 0.4) is 0 Å². The van der Waals surface area contributed by atoms with Crippen molar-refractivity contribution in [2.75, 3.05) is 10.7 Å². The zero-order valence-corrected chi connectivity index (χ0v) is 17.1. The molecule has 0 aliphatic carbocycles. The molecule has 30 heavy (non-hydrogen) atoms. The Kier molecular flexibility index (Phi) is 5.04. The highest BCUT2D eigenvalue weighted by atomic mass is 32.1. The molecule has 0 fully saturated rings. The summed E-state index contributed by atoms with van der Waals surface area (Å²) in [6.07, 6.45) is 0. The predicted molar refractivity (Wildman–Crippen MR) is 111 cm³/mol. The van der Waals surface area contributed by atoms with Crippen LogP contribution in [-0.2, 0) is 7.05 Å². The van der Waals surface area contributed by atoms with Gasteiger partial charge in [0, 0.05) is 29.4 Å². The highest BCUT2D eigenvalue weighted by molar-refractivity contribution is 7.13.